The molecule has 4 heterocycles. The maximum Gasteiger partial charge on any atom is 0.328 e. The number of aromatic hydroxyl groups is 1. The zero-order valence-corrected chi connectivity index (χ0v) is 23.2. The SMILES string of the molecule is O=C1CCN(c2cnccc2CNc2cccc3c2C(=O)N(C(C(=O)Nc2nccs2)c2cc(F)ccc2O)C3)C(=O)N1. The fourth-order valence-corrected chi connectivity index (χ4v) is 5.72. The average molecular weight is 602 g/mol. The number of phenols is 1. The second-order valence-electron chi connectivity index (χ2n) is 9.82. The molecule has 6 rings (SSSR count). The number of hydrogen-bond donors (Lipinski definition) is 4. The summed E-state index contributed by atoms with van der Waals surface area (Å²) in [4.78, 5) is 62.5. The summed E-state index contributed by atoms with van der Waals surface area (Å²) >= 11 is 1.18. The molecule has 1 unspecified atom stereocenters. The quantitative estimate of drug-likeness (QED) is 0.238. The monoisotopic (exact) mass is 601 g/mol. The highest BCUT2D eigenvalue weighted by Crippen LogP contribution is 2.39. The number of nitrogens with one attached hydrogen (secondary N) is 3. The Morgan fingerprint density at radius 2 is 2.02 bits per heavy atom. The molecule has 43 heavy (non-hydrogen) atoms. The fourth-order valence-electron chi connectivity index (χ4n) is 5.19. The molecule has 2 aliphatic rings. The molecule has 0 saturated carbocycles. The van der Waals surface area contributed by atoms with Gasteiger partial charge in [-0.25, -0.2) is 14.2 Å². The predicted octanol–water partition coefficient (Wildman–Crippen LogP) is 3.78. The summed E-state index contributed by atoms with van der Waals surface area (Å²) in [5, 5.41) is 20.8. The van der Waals surface area contributed by atoms with Crippen molar-refractivity contribution < 1.29 is 28.7 Å². The van der Waals surface area contributed by atoms with Gasteiger partial charge in [-0.15, -0.1) is 11.3 Å². The molecule has 0 aliphatic carbocycles. The molecule has 5 amide bonds. The van der Waals surface area contributed by atoms with Crippen molar-refractivity contribution in [1.82, 2.24) is 20.2 Å². The molecule has 12 nitrogen and oxygen atoms in total. The van der Waals surface area contributed by atoms with E-state index in [9.17, 15) is 28.7 Å². The Hall–Kier alpha value is -5.37. The summed E-state index contributed by atoms with van der Waals surface area (Å²) in [6.07, 6.45) is 4.77. The number of amides is 5. The van der Waals surface area contributed by atoms with Crippen LogP contribution in [0.4, 0.5) is 25.7 Å². The minimum Gasteiger partial charge on any atom is -0.508 e. The van der Waals surface area contributed by atoms with Gasteiger partial charge in [-0.2, -0.15) is 0 Å². The second-order valence-corrected chi connectivity index (χ2v) is 10.7. The van der Waals surface area contributed by atoms with Crippen molar-refractivity contribution in [2.24, 2.45) is 0 Å². The van der Waals surface area contributed by atoms with Gasteiger partial charge >= 0.3 is 6.03 Å². The van der Waals surface area contributed by atoms with E-state index in [1.807, 2.05) is 0 Å². The van der Waals surface area contributed by atoms with Crippen molar-refractivity contribution >= 4 is 51.6 Å². The number of pyridine rings is 1. The van der Waals surface area contributed by atoms with Gasteiger partial charge in [-0.3, -0.25) is 34.9 Å². The Morgan fingerprint density at radius 3 is 2.81 bits per heavy atom. The number of carbonyl (C=O) groups is 4. The number of imide groups is 1. The van der Waals surface area contributed by atoms with Crippen LogP contribution in [0, 0.1) is 5.82 Å². The van der Waals surface area contributed by atoms with Gasteiger partial charge < -0.3 is 15.3 Å². The number of hydrogen-bond acceptors (Lipinski definition) is 9. The van der Waals surface area contributed by atoms with E-state index in [-0.39, 0.29) is 48.4 Å². The van der Waals surface area contributed by atoms with Gasteiger partial charge in [0.25, 0.3) is 11.8 Å². The number of phenolic OH excluding ortho intramolecular Hbond substituents is 1. The van der Waals surface area contributed by atoms with Crippen LogP contribution in [-0.2, 0) is 22.7 Å². The van der Waals surface area contributed by atoms with E-state index in [0.29, 0.717) is 28.1 Å². The van der Waals surface area contributed by atoms with Crippen LogP contribution in [0.25, 0.3) is 0 Å². The van der Waals surface area contributed by atoms with Gasteiger partial charge in [0.15, 0.2) is 5.13 Å². The molecule has 14 heteroatoms. The average Bonchev–Trinajstić information content (AvgIpc) is 3.62. The fraction of sp³-hybridized carbons (Fsp3) is 0.172. The zero-order valence-electron chi connectivity index (χ0n) is 22.4. The first-order valence-corrected chi connectivity index (χ1v) is 14.1. The van der Waals surface area contributed by atoms with E-state index in [4.69, 9.17) is 0 Å². The number of carbonyl (C=O) groups excluding carboxylic acids is 4. The van der Waals surface area contributed by atoms with E-state index < -0.39 is 29.7 Å². The summed E-state index contributed by atoms with van der Waals surface area (Å²) < 4.78 is 14.3. The number of thiazole rings is 1. The minimum absolute atomic E-state index is 0.0259. The summed E-state index contributed by atoms with van der Waals surface area (Å²) in [6.45, 7) is 0.435. The maximum absolute atomic E-state index is 14.3. The molecular formula is C29H24FN7O5S. The lowest BCUT2D eigenvalue weighted by molar-refractivity contribution is -0.121. The third-order valence-corrected chi connectivity index (χ3v) is 7.86. The van der Waals surface area contributed by atoms with E-state index in [1.54, 1.807) is 35.8 Å². The van der Waals surface area contributed by atoms with Crippen molar-refractivity contribution in [3.05, 3.63) is 94.5 Å². The number of rotatable bonds is 8. The lowest BCUT2D eigenvalue weighted by Crippen LogP contribution is -2.50. The van der Waals surface area contributed by atoms with Crippen LogP contribution >= 0.6 is 11.3 Å². The Balaban J connectivity index is 1.29. The van der Waals surface area contributed by atoms with Gasteiger partial charge in [0, 0.05) is 55.1 Å². The summed E-state index contributed by atoms with van der Waals surface area (Å²) in [5.41, 5.74) is 2.58. The number of fused-ring (bicyclic) bond motifs is 1. The number of urea groups is 1. The predicted molar refractivity (Wildman–Crippen MR) is 155 cm³/mol. The highest BCUT2D eigenvalue weighted by molar-refractivity contribution is 7.13. The topological polar surface area (TPSA) is 157 Å². The first kappa shape index (κ1) is 27.8. The molecule has 4 N–H and O–H groups in total. The third kappa shape index (κ3) is 5.47. The van der Waals surface area contributed by atoms with Crippen molar-refractivity contribution in [3.8, 4) is 5.75 Å². The van der Waals surface area contributed by atoms with E-state index in [0.717, 1.165) is 18.2 Å². The number of anilines is 3. The van der Waals surface area contributed by atoms with E-state index in [2.05, 4.69) is 25.9 Å². The zero-order chi connectivity index (χ0) is 30.1. The molecule has 1 saturated heterocycles. The molecular weight excluding hydrogens is 577 g/mol. The van der Waals surface area contributed by atoms with Gasteiger partial charge in [-0.1, -0.05) is 12.1 Å². The largest absolute Gasteiger partial charge is 0.508 e. The second kappa shape index (κ2) is 11.5. The normalized spacial score (nSPS) is 15.2. The van der Waals surface area contributed by atoms with Crippen LogP contribution in [-0.4, -0.2) is 50.3 Å². The van der Waals surface area contributed by atoms with Crippen LogP contribution in [0.2, 0.25) is 0 Å². The van der Waals surface area contributed by atoms with Crippen LogP contribution in [0.3, 0.4) is 0 Å². The first-order valence-electron chi connectivity index (χ1n) is 13.2. The molecule has 1 fully saturated rings. The molecule has 2 aromatic heterocycles. The smallest absolute Gasteiger partial charge is 0.328 e. The highest BCUT2D eigenvalue weighted by atomic mass is 32.1. The Morgan fingerprint density at radius 1 is 1.16 bits per heavy atom. The van der Waals surface area contributed by atoms with Crippen LogP contribution in [0.5, 0.6) is 5.75 Å². The van der Waals surface area contributed by atoms with Crippen molar-refractivity contribution in [3.63, 3.8) is 0 Å². The first-order chi connectivity index (χ1) is 20.8. The number of benzene rings is 2. The van der Waals surface area contributed by atoms with Crippen LogP contribution < -0.4 is 20.9 Å². The van der Waals surface area contributed by atoms with Gasteiger partial charge in [0.05, 0.1) is 17.4 Å². The van der Waals surface area contributed by atoms with Crippen molar-refractivity contribution in [2.45, 2.75) is 25.6 Å². The van der Waals surface area contributed by atoms with Gasteiger partial charge in [-0.05, 0) is 41.5 Å². The standard InChI is InChI=1S/C29H24FN7O5S/c30-18-4-5-22(38)19(12-18)25(26(40)35-28-32-9-11-43-28)37-15-17-2-1-3-20(24(17)27(37)41)33-13-16-6-8-31-14-21(16)36-10-7-23(39)34-29(36)42/h1-6,8-9,11-12,14,25,33,38H,7,10,13,15H2,(H,32,35,40)(H,34,39,42). The Bertz CT molecular complexity index is 1750. The van der Waals surface area contributed by atoms with Crippen molar-refractivity contribution in [2.75, 3.05) is 22.1 Å². The summed E-state index contributed by atoms with van der Waals surface area (Å²) in [5.74, 6) is -2.52. The molecule has 1 atom stereocenters. The molecule has 0 radical (unpaired) electrons. The number of halogens is 1. The molecule has 218 valence electrons. The van der Waals surface area contributed by atoms with Crippen LogP contribution in [0.15, 0.2) is 66.4 Å². The third-order valence-electron chi connectivity index (χ3n) is 7.17. The molecule has 2 aliphatic heterocycles. The Labute approximate surface area is 248 Å². The van der Waals surface area contributed by atoms with E-state index >= 15 is 0 Å². The maximum atomic E-state index is 14.3. The lowest BCUT2D eigenvalue weighted by Gasteiger charge is -2.28. The summed E-state index contributed by atoms with van der Waals surface area (Å²) in [7, 11) is 0. The van der Waals surface area contributed by atoms with Crippen LogP contribution in [0.1, 0.15) is 39.5 Å². The molecule has 0 bridgehead atoms. The Kier molecular flexibility index (Phi) is 7.42. The molecule has 2 aromatic carbocycles. The minimum atomic E-state index is -1.36. The number of aromatic nitrogens is 2. The highest BCUT2D eigenvalue weighted by Gasteiger charge is 2.40. The van der Waals surface area contributed by atoms with E-state index in [1.165, 1.54) is 33.5 Å². The number of nitrogens with zero attached hydrogens (tertiary/aromatic N) is 4. The van der Waals surface area contributed by atoms with Gasteiger partial charge in [0.2, 0.25) is 5.91 Å². The van der Waals surface area contributed by atoms with Gasteiger partial charge in [0.1, 0.15) is 17.6 Å². The van der Waals surface area contributed by atoms with Crippen molar-refractivity contribution in [1.29, 1.82) is 0 Å². The molecule has 0 spiro atoms. The lowest BCUT2D eigenvalue weighted by atomic mass is 10.0. The molecule has 4 aromatic rings. The summed E-state index contributed by atoms with van der Waals surface area (Å²) in [6, 6.07) is 8.31.